The summed E-state index contributed by atoms with van der Waals surface area (Å²) < 4.78 is 44.9. The van der Waals surface area contributed by atoms with Gasteiger partial charge < -0.3 is 37.9 Å². The van der Waals surface area contributed by atoms with E-state index in [1.54, 1.807) is 72.8 Å². The number of fused-ring (bicyclic) bond motifs is 1. The molecule has 74 heavy (non-hydrogen) atoms. The van der Waals surface area contributed by atoms with Crippen LogP contribution in [0.4, 0.5) is 5.69 Å². The van der Waals surface area contributed by atoms with E-state index >= 15 is 0 Å². The van der Waals surface area contributed by atoms with Gasteiger partial charge in [0, 0.05) is 49.1 Å². The molecule has 0 unspecified atom stereocenters. The minimum Gasteiger partial charge on any atom is -0.493 e. The maximum Gasteiger partial charge on any atom is 0.330 e. The van der Waals surface area contributed by atoms with E-state index in [4.69, 9.17) is 42.9 Å². The molecule has 4 aromatic carbocycles. The zero-order valence-corrected chi connectivity index (χ0v) is 41.4. The molecule has 0 amide bonds. The standard InChI is InChI=1S/C55H56N2O16S/c1-3-47(58)68-32-5-30-66-42-20-24-44(25-21-42)71-53(61)38-9-7-37(8-10-38)52(60)70-34-29-35-17-28-46(49-50(35)74-51(56-49)36-15-18-41(19-16-36)57(64)65)73-55(63)40-13-11-39(12-14-40)54(62)72-45-26-22-43(23-27-45)67-31-6-33-69-48(59)4-2/h3-4,15-28,37-40H,1-2,5-14,29-34H2. The third-order valence-corrected chi connectivity index (χ3v) is 13.7. The number of benzene rings is 4. The van der Waals surface area contributed by atoms with Gasteiger partial charge in [-0.2, -0.15) is 0 Å². The van der Waals surface area contributed by atoms with Crippen LogP contribution in [-0.2, 0) is 49.4 Å². The van der Waals surface area contributed by atoms with Crippen LogP contribution in [0.3, 0.4) is 0 Å². The number of nitro groups is 1. The number of aromatic nitrogens is 1. The quantitative estimate of drug-likeness (QED) is 0.0106. The van der Waals surface area contributed by atoms with E-state index in [1.807, 2.05) is 0 Å². The number of non-ortho nitro benzene ring substituents is 1. The van der Waals surface area contributed by atoms with Gasteiger partial charge in [-0.15, -0.1) is 11.3 Å². The van der Waals surface area contributed by atoms with Crippen molar-refractivity contribution in [3.8, 4) is 39.3 Å². The van der Waals surface area contributed by atoms with Gasteiger partial charge in [-0.05, 0) is 124 Å². The number of hydrogen-bond donors (Lipinski definition) is 0. The zero-order chi connectivity index (χ0) is 52.4. The first-order valence-electron chi connectivity index (χ1n) is 24.4. The topological polar surface area (TPSA) is 232 Å². The highest BCUT2D eigenvalue weighted by atomic mass is 32.1. The Morgan fingerprint density at radius 1 is 0.554 bits per heavy atom. The molecule has 2 fully saturated rings. The molecule has 18 nitrogen and oxygen atoms in total. The highest BCUT2D eigenvalue weighted by Crippen LogP contribution is 2.40. The lowest BCUT2D eigenvalue weighted by Crippen LogP contribution is -2.30. The Labute approximate surface area is 430 Å². The zero-order valence-electron chi connectivity index (χ0n) is 40.6. The highest BCUT2D eigenvalue weighted by molar-refractivity contribution is 7.21. The van der Waals surface area contributed by atoms with E-state index in [1.165, 1.54) is 23.5 Å². The largest absolute Gasteiger partial charge is 0.493 e. The van der Waals surface area contributed by atoms with Gasteiger partial charge in [0.25, 0.3) is 5.69 Å². The smallest absolute Gasteiger partial charge is 0.330 e. The molecule has 2 saturated carbocycles. The number of rotatable bonds is 24. The Morgan fingerprint density at radius 3 is 1.46 bits per heavy atom. The molecule has 388 valence electrons. The first-order chi connectivity index (χ1) is 35.9. The summed E-state index contributed by atoms with van der Waals surface area (Å²) in [5, 5.41) is 11.9. The minimum absolute atomic E-state index is 0.0612. The third kappa shape index (κ3) is 15.3. The fourth-order valence-corrected chi connectivity index (χ4v) is 9.56. The SMILES string of the molecule is C=CC(=O)OCCCOc1ccc(OC(=O)C2CCC(C(=O)OCCc3ccc(OC(=O)C4CCC(C(=O)Oc5ccc(OCCCOC(=O)C=C)cc5)CC4)c4nc(-c5ccc([N+](=O)[O-])cc5)sc34)CC2)cc1. The van der Waals surface area contributed by atoms with Gasteiger partial charge in [0.2, 0.25) is 0 Å². The highest BCUT2D eigenvalue weighted by Gasteiger charge is 2.34. The van der Waals surface area contributed by atoms with Crippen molar-refractivity contribution in [3.63, 3.8) is 0 Å². The number of carbonyl (C=O) groups is 6. The molecular weight excluding hydrogens is 977 g/mol. The Balaban J connectivity index is 0.886. The van der Waals surface area contributed by atoms with Crippen molar-refractivity contribution in [3.05, 3.63) is 126 Å². The lowest BCUT2D eigenvalue weighted by Gasteiger charge is -2.26. The first-order valence-corrected chi connectivity index (χ1v) is 25.2. The fourth-order valence-electron chi connectivity index (χ4n) is 8.43. The van der Waals surface area contributed by atoms with Crippen molar-refractivity contribution >= 4 is 63.1 Å². The average molecular weight is 1030 g/mol. The molecule has 7 rings (SSSR count). The molecule has 0 bridgehead atoms. The molecule has 19 heteroatoms. The number of ether oxygens (including phenoxy) is 8. The van der Waals surface area contributed by atoms with Crippen molar-refractivity contribution in [1.82, 2.24) is 4.98 Å². The summed E-state index contributed by atoms with van der Waals surface area (Å²) in [6, 6.07) is 22.7. The lowest BCUT2D eigenvalue weighted by atomic mass is 9.82. The number of hydrogen-bond acceptors (Lipinski definition) is 18. The summed E-state index contributed by atoms with van der Waals surface area (Å²) in [6.07, 6.45) is 7.02. The van der Waals surface area contributed by atoms with Crippen LogP contribution in [0.15, 0.2) is 110 Å². The van der Waals surface area contributed by atoms with Gasteiger partial charge in [-0.3, -0.25) is 29.3 Å². The molecule has 0 atom stereocenters. The van der Waals surface area contributed by atoms with Crippen LogP contribution in [0.2, 0.25) is 0 Å². The summed E-state index contributed by atoms with van der Waals surface area (Å²) in [5.41, 5.74) is 1.76. The van der Waals surface area contributed by atoms with Crippen LogP contribution in [0.1, 0.15) is 69.8 Å². The van der Waals surface area contributed by atoms with Crippen molar-refractivity contribution in [2.75, 3.05) is 33.0 Å². The van der Waals surface area contributed by atoms with Gasteiger partial charge in [-0.25, -0.2) is 14.6 Å². The maximum atomic E-state index is 13.7. The Hall–Kier alpha value is -7.93. The second-order valence-corrected chi connectivity index (χ2v) is 18.6. The summed E-state index contributed by atoms with van der Waals surface area (Å²) in [5.74, 6) is -2.10. The summed E-state index contributed by atoms with van der Waals surface area (Å²) in [7, 11) is 0. The van der Waals surface area contributed by atoms with Crippen LogP contribution in [0.25, 0.3) is 20.8 Å². The van der Waals surface area contributed by atoms with E-state index in [9.17, 15) is 38.9 Å². The van der Waals surface area contributed by atoms with Gasteiger partial charge >= 0.3 is 35.8 Å². The van der Waals surface area contributed by atoms with Gasteiger partial charge in [0.05, 0.1) is 66.3 Å². The molecule has 2 aliphatic rings. The summed E-state index contributed by atoms with van der Waals surface area (Å²) in [4.78, 5) is 91.1. The molecule has 1 heterocycles. The Bertz CT molecular complexity index is 2790. The predicted molar refractivity (Wildman–Crippen MR) is 270 cm³/mol. The number of carbonyl (C=O) groups excluding carboxylic acids is 6. The lowest BCUT2D eigenvalue weighted by molar-refractivity contribution is -0.384. The normalized spacial score (nSPS) is 17.2. The number of nitrogens with zero attached hydrogens (tertiary/aromatic N) is 2. The van der Waals surface area contributed by atoms with Crippen LogP contribution in [0.5, 0.6) is 28.7 Å². The molecule has 5 aromatic rings. The van der Waals surface area contributed by atoms with E-state index in [0.29, 0.717) is 128 Å². The predicted octanol–water partition coefficient (Wildman–Crippen LogP) is 9.68. The minimum atomic E-state index is -0.496. The molecule has 0 radical (unpaired) electrons. The van der Waals surface area contributed by atoms with Crippen LogP contribution in [-0.4, -0.2) is 78.8 Å². The van der Waals surface area contributed by atoms with Crippen molar-refractivity contribution in [2.24, 2.45) is 23.7 Å². The Morgan fingerprint density at radius 2 is 1.00 bits per heavy atom. The first kappa shape index (κ1) is 53.9. The maximum absolute atomic E-state index is 13.7. The molecular formula is C55H56N2O16S. The second kappa shape index (κ2) is 26.7. The van der Waals surface area contributed by atoms with Gasteiger partial charge in [0.15, 0.2) is 5.75 Å². The van der Waals surface area contributed by atoms with Crippen LogP contribution in [0, 0.1) is 33.8 Å². The molecule has 0 spiro atoms. The monoisotopic (exact) mass is 1030 g/mol. The van der Waals surface area contributed by atoms with E-state index in [-0.39, 0.29) is 55.0 Å². The Kier molecular flexibility index (Phi) is 19.4. The molecule has 0 N–H and O–H groups in total. The number of thiazole rings is 1. The molecule has 2 aliphatic carbocycles. The van der Waals surface area contributed by atoms with Crippen molar-refractivity contribution in [2.45, 2.75) is 70.6 Å². The second-order valence-electron chi connectivity index (χ2n) is 17.6. The number of esters is 6. The summed E-state index contributed by atoms with van der Waals surface area (Å²) >= 11 is 1.32. The molecule has 1 aromatic heterocycles. The van der Waals surface area contributed by atoms with Crippen LogP contribution >= 0.6 is 11.3 Å². The van der Waals surface area contributed by atoms with E-state index in [2.05, 4.69) is 13.2 Å². The molecule has 0 saturated heterocycles. The summed E-state index contributed by atoms with van der Waals surface area (Å²) in [6.45, 7) is 7.83. The van der Waals surface area contributed by atoms with Crippen molar-refractivity contribution < 1.29 is 71.6 Å². The van der Waals surface area contributed by atoms with E-state index < -0.39 is 40.6 Å². The fraction of sp³-hybridized carbons (Fsp3) is 0.364. The van der Waals surface area contributed by atoms with Crippen LogP contribution < -0.4 is 23.7 Å². The van der Waals surface area contributed by atoms with Gasteiger partial charge in [0.1, 0.15) is 33.5 Å². The molecule has 0 aliphatic heterocycles. The van der Waals surface area contributed by atoms with Crippen molar-refractivity contribution in [1.29, 1.82) is 0 Å². The average Bonchev–Trinajstić information content (AvgIpc) is 3.88. The van der Waals surface area contributed by atoms with E-state index in [0.717, 1.165) is 17.7 Å². The number of nitro benzene ring substituents is 1. The van der Waals surface area contributed by atoms with Gasteiger partial charge in [-0.1, -0.05) is 19.2 Å². The third-order valence-electron chi connectivity index (χ3n) is 12.5.